The highest BCUT2D eigenvalue weighted by atomic mass is 16.5. The molecule has 8 nitrogen and oxygen atoms in total. The van der Waals surface area contributed by atoms with Crippen molar-refractivity contribution >= 4 is 11.8 Å². The molecule has 18 heavy (non-hydrogen) atoms. The highest BCUT2D eigenvalue weighted by Gasteiger charge is 2.03. The second-order valence-electron chi connectivity index (χ2n) is 3.66. The number of nitrogen functional groups attached to an aromatic ring is 1. The first-order chi connectivity index (χ1) is 8.67. The number of rotatable bonds is 5. The van der Waals surface area contributed by atoms with E-state index in [-0.39, 0.29) is 5.95 Å². The molecule has 3 N–H and O–H groups in total. The van der Waals surface area contributed by atoms with Crippen LogP contribution in [0.4, 0.5) is 11.8 Å². The molecule has 0 aliphatic heterocycles. The van der Waals surface area contributed by atoms with E-state index in [1.165, 1.54) is 7.11 Å². The first kappa shape index (κ1) is 12.1. The lowest BCUT2D eigenvalue weighted by Gasteiger charge is -2.06. The monoisotopic (exact) mass is 249 g/mol. The Balaban J connectivity index is 1.91. The van der Waals surface area contributed by atoms with E-state index in [4.69, 9.17) is 10.5 Å². The third-order valence-corrected chi connectivity index (χ3v) is 2.23. The summed E-state index contributed by atoms with van der Waals surface area (Å²) in [6, 6.07) is 1.68. The molecule has 0 aliphatic carbocycles. The van der Waals surface area contributed by atoms with Crippen LogP contribution in [0.3, 0.4) is 0 Å². The van der Waals surface area contributed by atoms with Crippen LogP contribution in [0.25, 0.3) is 0 Å². The van der Waals surface area contributed by atoms with Gasteiger partial charge in [0.25, 0.3) is 0 Å². The number of nitrogens with two attached hydrogens (primary N) is 1. The fraction of sp³-hybridized carbons (Fsp3) is 0.400. The Labute approximate surface area is 104 Å². The smallest absolute Gasteiger partial charge is 0.225 e. The Bertz CT molecular complexity index is 525. The van der Waals surface area contributed by atoms with Gasteiger partial charge in [-0.1, -0.05) is 0 Å². The molecule has 2 aromatic rings. The number of anilines is 2. The van der Waals surface area contributed by atoms with Crippen molar-refractivity contribution in [1.29, 1.82) is 0 Å². The van der Waals surface area contributed by atoms with Crippen LogP contribution in [0, 0.1) is 0 Å². The molecule has 96 valence electrons. The van der Waals surface area contributed by atoms with Gasteiger partial charge in [0.05, 0.1) is 7.11 Å². The van der Waals surface area contributed by atoms with Crippen LogP contribution in [0.5, 0.6) is 5.88 Å². The third kappa shape index (κ3) is 3.06. The zero-order valence-electron chi connectivity index (χ0n) is 10.3. The number of aromatic nitrogens is 5. The highest BCUT2D eigenvalue weighted by Crippen LogP contribution is 2.13. The summed E-state index contributed by atoms with van der Waals surface area (Å²) in [6.45, 7) is 0.656. The Morgan fingerprint density at radius 1 is 1.44 bits per heavy atom. The lowest BCUT2D eigenvalue weighted by Crippen LogP contribution is -2.09. The first-order valence-corrected chi connectivity index (χ1v) is 5.44. The summed E-state index contributed by atoms with van der Waals surface area (Å²) in [4.78, 5) is 12.1. The lowest BCUT2D eigenvalue weighted by molar-refractivity contribution is 0.398. The zero-order valence-corrected chi connectivity index (χ0v) is 10.3. The number of nitrogens with one attached hydrogen (secondary N) is 1. The average Bonchev–Trinajstić information content (AvgIpc) is 2.74. The van der Waals surface area contributed by atoms with E-state index in [0.29, 0.717) is 24.7 Å². The zero-order chi connectivity index (χ0) is 13.0. The summed E-state index contributed by atoms with van der Waals surface area (Å²) in [5.74, 6) is 2.00. The van der Waals surface area contributed by atoms with Crippen LogP contribution in [-0.2, 0) is 13.5 Å². The molecule has 2 rings (SSSR count). The van der Waals surface area contributed by atoms with Gasteiger partial charge in [0, 0.05) is 26.1 Å². The van der Waals surface area contributed by atoms with Crippen molar-refractivity contribution in [2.75, 3.05) is 24.7 Å². The highest BCUT2D eigenvalue weighted by molar-refractivity contribution is 5.42. The van der Waals surface area contributed by atoms with Crippen molar-refractivity contribution in [3.8, 4) is 5.88 Å². The van der Waals surface area contributed by atoms with E-state index in [0.717, 1.165) is 5.82 Å². The van der Waals surface area contributed by atoms with Crippen molar-refractivity contribution in [1.82, 2.24) is 24.7 Å². The lowest BCUT2D eigenvalue weighted by atomic mass is 10.4. The minimum atomic E-state index is 0.174. The fourth-order valence-electron chi connectivity index (χ4n) is 1.44. The molecule has 0 bridgehead atoms. The molecule has 0 fully saturated rings. The topological polar surface area (TPSA) is 104 Å². The Hall–Kier alpha value is -2.38. The first-order valence-electron chi connectivity index (χ1n) is 5.44. The van der Waals surface area contributed by atoms with Crippen LogP contribution >= 0.6 is 0 Å². The number of nitrogens with zero attached hydrogens (tertiary/aromatic N) is 5. The molecule has 0 radical (unpaired) electrons. The molecule has 0 amide bonds. The van der Waals surface area contributed by atoms with Crippen molar-refractivity contribution in [2.45, 2.75) is 6.42 Å². The maximum atomic E-state index is 5.55. The molecule has 2 aromatic heterocycles. The van der Waals surface area contributed by atoms with Gasteiger partial charge < -0.3 is 15.8 Å². The van der Waals surface area contributed by atoms with Gasteiger partial charge in [0.1, 0.15) is 12.1 Å². The van der Waals surface area contributed by atoms with Gasteiger partial charge in [-0.25, -0.2) is 4.98 Å². The number of hydrogen-bond donors (Lipinski definition) is 2. The number of ether oxygens (including phenoxy) is 1. The fourth-order valence-corrected chi connectivity index (χ4v) is 1.44. The summed E-state index contributed by atoms with van der Waals surface area (Å²) >= 11 is 0. The van der Waals surface area contributed by atoms with Crippen molar-refractivity contribution < 1.29 is 4.74 Å². The van der Waals surface area contributed by atoms with Crippen LogP contribution in [0.15, 0.2) is 12.4 Å². The van der Waals surface area contributed by atoms with Gasteiger partial charge in [-0.15, -0.1) is 0 Å². The summed E-state index contributed by atoms with van der Waals surface area (Å²) in [5, 5.41) is 7.29. The number of aryl methyl sites for hydroxylation is 1. The molecule has 0 saturated carbocycles. The Morgan fingerprint density at radius 2 is 2.28 bits per heavy atom. The standard InChI is InChI=1S/C10H15N7O/c1-17-6-13-7(16-17)3-4-12-8-5-9(18-2)15-10(11)14-8/h5-6H,3-4H2,1-2H3,(H3,11,12,14,15). The minimum absolute atomic E-state index is 0.174. The third-order valence-electron chi connectivity index (χ3n) is 2.23. The molecule has 0 atom stereocenters. The molecule has 0 saturated heterocycles. The van der Waals surface area contributed by atoms with Gasteiger partial charge in [-0.05, 0) is 0 Å². The van der Waals surface area contributed by atoms with Crippen LogP contribution in [0.1, 0.15) is 5.82 Å². The maximum Gasteiger partial charge on any atom is 0.225 e. The number of hydrogen-bond acceptors (Lipinski definition) is 7. The SMILES string of the molecule is COc1cc(NCCc2ncn(C)n2)nc(N)n1. The van der Waals surface area contributed by atoms with E-state index in [1.54, 1.807) is 17.1 Å². The predicted molar refractivity (Wildman–Crippen MR) is 66.2 cm³/mol. The van der Waals surface area contributed by atoms with Gasteiger partial charge in [0.15, 0.2) is 5.82 Å². The Kier molecular flexibility index (Phi) is 3.56. The normalized spacial score (nSPS) is 10.3. The predicted octanol–water partition coefficient (Wildman–Crippen LogP) is -0.150. The second-order valence-corrected chi connectivity index (χ2v) is 3.66. The second kappa shape index (κ2) is 5.30. The van der Waals surface area contributed by atoms with Gasteiger partial charge in [0.2, 0.25) is 11.8 Å². The van der Waals surface area contributed by atoms with Crippen molar-refractivity contribution in [2.24, 2.45) is 7.05 Å². The summed E-state index contributed by atoms with van der Waals surface area (Å²) in [5.41, 5.74) is 5.55. The van der Waals surface area contributed by atoms with E-state index in [2.05, 4.69) is 25.4 Å². The van der Waals surface area contributed by atoms with Crippen LogP contribution in [-0.4, -0.2) is 38.4 Å². The van der Waals surface area contributed by atoms with Gasteiger partial charge in [-0.2, -0.15) is 15.1 Å². The van der Waals surface area contributed by atoms with Gasteiger partial charge in [-0.3, -0.25) is 4.68 Å². The van der Waals surface area contributed by atoms with E-state index < -0.39 is 0 Å². The molecule has 8 heteroatoms. The van der Waals surface area contributed by atoms with E-state index in [1.807, 2.05) is 7.05 Å². The minimum Gasteiger partial charge on any atom is -0.481 e. The van der Waals surface area contributed by atoms with Gasteiger partial charge >= 0.3 is 0 Å². The Morgan fingerprint density at radius 3 is 2.94 bits per heavy atom. The quantitative estimate of drug-likeness (QED) is 0.759. The van der Waals surface area contributed by atoms with Crippen LogP contribution in [0.2, 0.25) is 0 Å². The largest absolute Gasteiger partial charge is 0.481 e. The molecule has 2 heterocycles. The average molecular weight is 249 g/mol. The summed E-state index contributed by atoms with van der Waals surface area (Å²) < 4.78 is 6.67. The summed E-state index contributed by atoms with van der Waals surface area (Å²) in [7, 11) is 3.36. The molecule has 0 spiro atoms. The van der Waals surface area contributed by atoms with Crippen molar-refractivity contribution in [3.63, 3.8) is 0 Å². The van der Waals surface area contributed by atoms with Crippen LogP contribution < -0.4 is 15.8 Å². The van der Waals surface area contributed by atoms with Crippen molar-refractivity contribution in [3.05, 3.63) is 18.2 Å². The van der Waals surface area contributed by atoms with E-state index >= 15 is 0 Å². The summed E-state index contributed by atoms with van der Waals surface area (Å²) in [6.07, 6.45) is 2.37. The molecule has 0 unspecified atom stereocenters. The molecule has 0 aromatic carbocycles. The molecular formula is C10H15N7O. The van der Waals surface area contributed by atoms with E-state index in [9.17, 15) is 0 Å². The maximum absolute atomic E-state index is 5.55. The number of methoxy groups -OCH3 is 1. The molecule has 0 aliphatic rings. The molecular weight excluding hydrogens is 234 g/mol.